The number of carbonyl (C=O) groups is 2. The first kappa shape index (κ1) is 21.2. The van der Waals surface area contributed by atoms with Crippen molar-refractivity contribution in [2.24, 2.45) is 5.92 Å². The summed E-state index contributed by atoms with van der Waals surface area (Å²) in [4.78, 5) is 31.8. The molecule has 1 unspecified atom stereocenters. The molecule has 2 aromatic carbocycles. The van der Waals surface area contributed by atoms with E-state index in [1.807, 2.05) is 36.4 Å². The molecule has 0 bridgehead atoms. The quantitative estimate of drug-likeness (QED) is 0.803. The summed E-state index contributed by atoms with van der Waals surface area (Å²) in [5, 5.41) is 3.01. The molecule has 31 heavy (non-hydrogen) atoms. The molecule has 7 nitrogen and oxygen atoms in total. The highest BCUT2D eigenvalue weighted by atomic mass is 16.5. The van der Waals surface area contributed by atoms with E-state index in [0.29, 0.717) is 18.0 Å². The number of likely N-dealkylation sites (N-methyl/N-ethyl adjacent to an activating group) is 1. The van der Waals surface area contributed by atoms with Crippen LogP contribution in [-0.2, 0) is 9.59 Å². The minimum Gasteiger partial charge on any atom is -0.495 e. The summed E-state index contributed by atoms with van der Waals surface area (Å²) in [6.07, 6.45) is 0.197. The monoisotopic (exact) mass is 422 g/mol. The Labute approximate surface area is 183 Å². The van der Waals surface area contributed by atoms with Crippen LogP contribution in [0.3, 0.4) is 0 Å². The molecule has 0 radical (unpaired) electrons. The lowest BCUT2D eigenvalue weighted by molar-refractivity contribution is -0.122. The first-order valence-corrected chi connectivity index (χ1v) is 10.7. The predicted octanol–water partition coefficient (Wildman–Crippen LogP) is 2.75. The van der Waals surface area contributed by atoms with Gasteiger partial charge in [0, 0.05) is 50.5 Å². The van der Waals surface area contributed by atoms with Gasteiger partial charge in [0.15, 0.2) is 0 Å². The number of carbonyl (C=O) groups excluding carboxylic acids is 2. The third-order valence-corrected chi connectivity index (χ3v) is 6.18. The maximum Gasteiger partial charge on any atom is 0.229 e. The maximum atomic E-state index is 12.9. The van der Waals surface area contributed by atoms with Gasteiger partial charge in [0.2, 0.25) is 11.8 Å². The number of amides is 2. The second-order valence-electron chi connectivity index (χ2n) is 8.36. The number of methoxy groups -OCH3 is 1. The fourth-order valence-electron chi connectivity index (χ4n) is 4.35. The molecule has 2 aliphatic rings. The number of hydrogen-bond acceptors (Lipinski definition) is 5. The number of para-hydroxylation sites is 2. The zero-order chi connectivity index (χ0) is 22.0. The van der Waals surface area contributed by atoms with Crippen LogP contribution < -0.4 is 19.9 Å². The van der Waals surface area contributed by atoms with Gasteiger partial charge in [0.1, 0.15) is 5.75 Å². The average Bonchev–Trinajstić information content (AvgIpc) is 3.16. The summed E-state index contributed by atoms with van der Waals surface area (Å²) in [6.45, 7) is 6.54. The van der Waals surface area contributed by atoms with Crippen molar-refractivity contribution in [3.8, 4) is 5.75 Å². The van der Waals surface area contributed by atoms with E-state index in [1.165, 1.54) is 5.69 Å². The van der Waals surface area contributed by atoms with E-state index < -0.39 is 5.92 Å². The lowest BCUT2D eigenvalue weighted by Gasteiger charge is -2.35. The first-order chi connectivity index (χ1) is 15.0. The van der Waals surface area contributed by atoms with E-state index >= 15 is 0 Å². The number of benzene rings is 2. The van der Waals surface area contributed by atoms with Crippen molar-refractivity contribution >= 4 is 28.9 Å². The van der Waals surface area contributed by atoms with Crippen LogP contribution in [0.5, 0.6) is 5.75 Å². The molecule has 0 aromatic heterocycles. The molecule has 1 atom stereocenters. The number of rotatable bonds is 5. The van der Waals surface area contributed by atoms with Crippen LogP contribution >= 0.6 is 0 Å². The normalized spacial score (nSPS) is 19.6. The Kier molecular flexibility index (Phi) is 6.13. The van der Waals surface area contributed by atoms with Crippen molar-refractivity contribution in [3.63, 3.8) is 0 Å². The minimum atomic E-state index is -0.393. The van der Waals surface area contributed by atoms with Gasteiger partial charge >= 0.3 is 0 Å². The van der Waals surface area contributed by atoms with E-state index in [2.05, 4.69) is 35.2 Å². The molecule has 0 spiro atoms. The fraction of sp³-hybridized carbons (Fsp3) is 0.417. The molecule has 1 N–H and O–H groups in total. The number of nitrogens with one attached hydrogen (secondary N) is 1. The molecule has 0 saturated carbocycles. The molecular weight excluding hydrogens is 392 g/mol. The zero-order valence-electron chi connectivity index (χ0n) is 18.4. The van der Waals surface area contributed by atoms with Gasteiger partial charge in [0.05, 0.1) is 18.7 Å². The summed E-state index contributed by atoms with van der Waals surface area (Å²) < 4.78 is 5.38. The second-order valence-corrected chi connectivity index (χ2v) is 8.36. The summed E-state index contributed by atoms with van der Waals surface area (Å²) in [5.74, 6) is 0.0470. The molecule has 2 aromatic rings. The molecule has 2 saturated heterocycles. The van der Waals surface area contributed by atoms with E-state index in [1.54, 1.807) is 12.0 Å². The lowest BCUT2D eigenvalue weighted by atomic mass is 10.1. The molecule has 2 amide bonds. The van der Waals surface area contributed by atoms with Crippen molar-refractivity contribution in [2.45, 2.75) is 13.3 Å². The van der Waals surface area contributed by atoms with Gasteiger partial charge in [-0.1, -0.05) is 12.1 Å². The molecule has 0 aliphatic carbocycles. The summed E-state index contributed by atoms with van der Waals surface area (Å²) in [7, 11) is 3.73. The Morgan fingerprint density at radius 1 is 1.06 bits per heavy atom. The van der Waals surface area contributed by atoms with E-state index in [-0.39, 0.29) is 18.2 Å². The Balaban J connectivity index is 1.42. The minimum absolute atomic E-state index is 0.0637. The Bertz CT molecular complexity index is 969. The number of anilines is 3. The van der Waals surface area contributed by atoms with Crippen LogP contribution in [0.1, 0.15) is 12.0 Å². The summed E-state index contributed by atoms with van der Waals surface area (Å²) in [6, 6.07) is 13.4. The van der Waals surface area contributed by atoms with Gasteiger partial charge in [-0.05, 0) is 49.9 Å². The van der Waals surface area contributed by atoms with Gasteiger partial charge in [-0.3, -0.25) is 9.59 Å². The van der Waals surface area contributed by atoms with E-state index in [9.17, 15) is 9.59 Å². The number of hydrogen-bond donors (Lipinski definition) is 1. The number of ether oxygens (including phenoxy) is 1. The third-order valence-electron chi connectivity index (χ3n) is 6.18. The SMILES string of the molecule is COc1ccccc1N1CC(C(=O)Nc2ccc(N3CCN(C)CC3)c(C)c2)CC1=O. The van der Waals surface area contributed by atoms with Gasteiger partial charge in [-0.15, -0.1) is 0 Å². The Morgan fingerprint density at radius 3 is 2.52 bits per heavy atom. The van der Waals surface area contributed by atoms with Crippen molar-refractivity contribution in [1.82, 2.24) is 4.90 Å². The lowest BCUT2D eigenvalue weighted by Crippen LogP contribution is -2.44. The Hall–Kier alpha value is -3.06. The maximum absolute atomic E-state index is 12.9. The fourth-order valence-corrected chi connectivity index (χ4v) is 4.35. The molecule has 2 fully saturated rings. The van der Waals surface area contributed by atoms with Gasteiger partial charge in [-0.25, -0.2) is 0 Å². The topological polar surface area (TPSA) is 65.1 Å². The van der Waals surface area contributed by atoms with Crippen molar-refractivity contribution < 1.29 is 14.3 Å². The molecule has 2 aliphatic heterocycles. The molecule has 164 valence electrons. The van der Waals surface area contributed by atoms with Crippen LogP contribution in [0.2, 0.25) is 0 Å². The highest BCUT2D eigenvalue weighted by molar-refractivity contribution is 6.04. The zero-order valence-corrected chi connectivity index (χ0v) is 18.4. The largest absolute Gasteiger partial charge is 0.495 e. The van der Waals surface area contributed by atoms with E-state index in [4.69, 9.17) is 4.74 Å². The molecular formula is C24H30N4O3. The second kappa shape index (κ2) is 8.98. The van der Waals surface area contributed by atoms with Crippen LogP contribution in [0.15, 0.2) is 42.5 Å². The van der Waals surface area contributed by atoms with Gasteiger partial charge in [-0.2, -0.15) is 0 Å². The molecule has 4 rings (SSSR count). The van der Waals surface area contributed by atoms with Crippen LogP contribution in [0.4, 0.5) is 17.1 Å². The Morgan fingerprint density at radius 2 is 1.81 bits per heavy atom. The first-order valence-electron chi connectivity index (χ1n) is 10.7. The third kappa shape index (κ3) is 4.51. The number of nitrogens with zero attached hydrogens (tertiary/aromatic N) is 3. The van der Waals surface area contributed by atoms with Crippen LogP contribution in [0, 0.1) is 12.8 Å². The van der Waals surface area contributed by atoms with Crippen LogP contribution in [-0.4, -0.2) is 63.6 Å². The number of piperazine rings is 1. The predicted molar refractivity (Wildman–Crippen MR) is 123 cm³/mol. The standard InChI is InChI=1S/C24H30N4O3/c1-17-14-19(8-9-20(17)27-12-10-26(2)11-13-27)25-24(30)18-15-23(29)28(16-18)21-6-4-5-7-22(21)31-3/h4-9,14,18H,10-13,15-16H2,1-3H3,(H,25,30). The van der Waals surface area contributed by atoms with Crippen molar-refractivity contribution in [2.75, 3.05) is 62.0 Å². The van der Waals surface area contributed by atoms with Crippen molar-refractivity contribution in [3.05, 3.63) is 48.0 Å². The molecule has 7 heteroatoms. The number of aryl methyl sites for hydroxylation is 1. The van der Waals surface area contributed by atoms with Gasteiger partial charge < -0.3 is 24.8 Å². The highest BCUT2D eigenvalue weighted by Crippen LogP contribution is 2.33. The average molecular weight is 423 g/mol. The smallest absolute Gasteiger partial charge is 0.229 e. The van der Waals surface area contributed by atoms with E-state index in [0.717, 1.165) is 37.4 Å². The summed E-state index contributed by atoms with van der Waals surface area (Å²) >= 11 is 0. The van der Waals surface area contributed by atoms with Crippen molar-refractivity contribution in [1.29, 1.82) is 0 Å². The van der Waals surface area contributed by atoms with Gasteiger partial charge in [0.25, 0.3) is 0 Å². The van der Waals surface area contributed by atoms with Crippen LogP contribution in [0.25, 0.3) is 0 Å². The highest BCUT2D eigenvalue weighted by Gasteiger charge is 2.36. The summed E-state index contributed by atoms with van der Waals surface area (Å²) in [5.41, 5.74) is 3.83. The molecule has 2 heterocycles.